The second kappa shape index (κ2) is 65.0. The number of esters is 2. The minimum absolute atomic E-state index is 0. The van der Waals surface area contributed by atoms with Gasteiger partial charge < -0.3 is 109 Å². The van der Waals surface area contributed by atoms with E-state index >= 15 is 0 Å². The number of nitrogens with zero attached hydrogens (tertiary/aromatic N) is 3. The van der Waals surface area contributed by atoms with Crippen LogP contribution in [0.5, 0.6) is 63.8 Å². The molecule has 1 aromatic heterocycles. The predicted octanol–water partition coefficient (Wildman–Crippen LogP) is 12.7. The summed E-state index contributed by atoms with van der Waals surface area (Å²) in [6.45, 7) is 9.06. The normalized spacial score (nSPS) is 9.39. The number of carboxylic acids is 2. The first-order valence-corrected chi connectivity index (χ1v) is 35.9. The SMILES string of the molecule is C=C([O-])OC.CC.CC(=O)O.CC(=O)O.COC(=O)/C=C/c1ccc(Br)cc1.COC(=O)/C=C/c1ccc(Nc2cc(OC)c(OC)c(OC)c2)cc1.COc1cc(N)cc(OC)c1OC.COc1cc(Nc2ccc(/C=C/C(=O)Nc3ccccc3N)cc2)cc(OC)c1OC.COc1nc(Cl)nc(OC)n1.O=Cc1ccc(Br)cc1.[Li+].[Pd]. The van der Waals surface area contributed by atoms with Crippen LogP contribution in [0.2, 0.25) is 5.28 Å². The van der Waals surface area contributed by atoms with E-state index in [4.69, 9.17) is 95.0 Å². The third-order valence-corrected chi connectivity index (χ3v) is 14.5. The molecule has 36 heteroatoms. The molecular weight excluding hydrogens is 1790 g/mol. The third-order valence-electron chi connectivity index (χ3n) is 13.3. The number of anilines is 7. The number of rotatable bonds is 24. The molecule has 1 heterocycles. The summed E-state index contributed by atoms with van der Waals surface area (Å²) >= 11 is 12.1. The van der Waals surface area contributed by atoms with Crippen LogP contribution in [-0.2, 0) is 58.6 Å². The largest absolute Gasteiger partial charge is 1.00 e. The van der Waals surface area contributed by atoms with E-state index < -0.39 is 17.9 Å². The maximum Gasteiger partial charge on any atom is 1.00 e. The van der Waals surface area contributed by atoms with Gasteiger partial charge in [0.15, 0.2) is 34.5 Å². The van der Waals surface area contributed by atoms with Gasteiger partial charge >= 0.3 is 42.8 Å². The summed E-state index contributed by atoms with van der Waals surface area (Å²) in [5, 5.41) is 33.7. The van der Waals surface area contributed by atoms with Gasteiger partial charge in [0.05, 0.1) is 104 Å². The van der Waals surface area contributed by atoms with Crippen molar-refractivity contribution in [3.05, 3.63) is 225 Å². The number of nitrogens with two attached hydrogens (primary N) is 2. The minimum atomic E-state index is -0.833. The second-order valence-corrected chi connectivity index (χ2v) is 23.5. The smallest absolute Gasteiger partial charge is 0.617 e. The quantitative estimate of drug-likeness (QED) is 0.00737. The van der Waals surface area contributed by atoms with Crippen LogP contribution in [0.15, 0.2) is 197 Å². The maximum atomic E-state index is 12.1. The molecule has 8 aromatic carbocycles. The molecule has 0 saturated heterocycles. The number of carbonyl (C=O) groups is 6. The number of carboxylic acid groups (broad SMARTS) is 2. The summed E-state index contributed by atoms with van der Waals surface area (Å²) in [6, 6.07) is 48.1. The number of aromatic nitrogens is 3. The van der Waals surface area contributed by atoms with Crippen molar-refractivity contribution in [2.24, 2.45) is 0 Å². The summed E-state index contributed by atoms with van der Waals surface area (Å²) in [7, 11) is 20.9. The van der Waals surface area contributed by atoms with Crippen LogP contribution in [-0.4, -0.2) is 161 Å². The number of halogens is 3. The van der Waals surface area contributed by atoms with Gasteiger partial charge in [-0.05, 0) is 114 Å². The molecule has 9 rings (SSSR count). The van der Waals surface area contributed by atoms with Crippen molar-refractivity contribution in [2.75, 3.05) is 127 Å². The van der Waals surface area contributed by atoms with Crippen molar-refractivity contribution >= 4 is 138 Å². The van der Waals surface area contributed by atoms with Gasteiger partial charge in [-0.1, -0.05) is 113 Å². The molecule has 0 unspecified atom stereocenters. The third kappa shape index (κ3) is 47.0. The number of benzene rings is 8. The number of para-hydroxylation sites is 2. The predicted molar refractivity (Wildman–Crippen MR) is 459 cm³/mol. The fraction of sp³-hybridized carbons (Fsp3) is 0.217. The maximum absolute atomic E-state index is 12.1. The number of nitrogens with one attached hydrogen (secondary N) is 3. The fourth-order valence-corrected chi connectivity index (χ4v) is 8.80. The number of amides is 1. The molecule has 0 aliphatic heterocycles. The zero-order valence-electron chi connectivity index (χ0n) is 69.2. The molecule has 0 saturated carbocycles. The Bertz CT molecular complexity index is 4480. The first-order valence-electron chi connectivity index (χ1n) is 33.9. The Morgan fingerprint density at radius 3 is 1.02 bits per heavy atom. The number of aliphatic carboxylic acids is 2. The fourth-order valence-electron chi connectivity index (χ4n) is 8.13. The van der Waals surface area contributed by atoms with E-state index in [-0.39, 0.29) is 74.4 Å². The van der Waals surface area contributed by atoms with Gasteiger partial charge in [0.25, 0.3) is 11.9 Å². The van der Waals surface area contributed by atoms with E-state index in [0.717, 1.165) is 68.5 Å². The minimum Gasteiger partial charge on any atom is -0.617 e. The Balaban J connectivity index is -0.00000136. The molecule has 1 amide bonds. The van der Waals surface area contributed by atoms with Crippen LogP contribution in [0.3, 0.4) is 0 Å². The zero-order chi connectivity index (χ0) is 88.4. The van der Waals surface area contributed by atoms with E-state index in [1.807, 2.05) is 135 Å². The summed E-state index contributed by atoms with van der Waals surface area (Å²) in [5.74, 6) is 1.89. The Labute approximate surface area is 740 Å². The molecule has 0 bridgehead atoms. The average Bonchev–Trinajstić information content (AvgIpc) is 0.824. The van der Waals surface area contributed by atoms with Crippen molar-refractivity contribution in [3.63, 3.8) is 0 Å². The second-order valence-electron chi connectivity index (χ2n) is 21.3. The molecular formula is C83H98Br2ClLiN8O23Pd. The van der Waals surface area contributed by atoms with Crippen LogP contribution in [0.25, 0.3) is 18.2 Å². The molecule has 0 fully saturated rings. The van der Waals surface area contributed by atoms with E-state index in [0.29, 0.717) is 74.4 Å². The van der Waals surface area contributed by atoms with Crippen LogP contribution in [0.1, 0.15) is 54.7 Å². The monoisotopic (exact) mass is 1880 g/mol. The van der Waals surface area contributed by atoms with E-state index in [1.54, 1.807) is 119 Å². The van der Waals surface area contributed by atoms with Crippen LogP contribution in [0, 0.1) is 0 Å². The van der Waals surface area contributed by atoms with Gasteiger partial charge in [-0.25, -0.2) is 9.59 Å². The molecule has 640 valence electrons. The van der Waals surface area contributed by atoms with Crippen LogP contribution < -0.4 is 103 Å². The van der Waals surface area contributed by atoms with Gasteiger partial charge in [-0.15, -0.1) is 4.98 Å². The number of hydrogen-bond donors (Lipinski definition) is 7. The number of methoxy groups -OCH3 is 14. The number of carbonyl (C=O) groups excluding carboxylic acids is 4. The molecule has 0 aliphatic carbocycles. The number of hydrogen-bond acceptors (Lipinski definition) is 28. The first-order chi connectivity index (χ1) is 55.9. The number of ether oxygens (including phenoxy) is 14. The standard InChI is InChI=1S/C24H25N3O4.C19H21NO5.C10H9BrO2.C9H13NO3.C7H5BrO.C5H6ClN3O2.C3H6O2.2C2H4O2.C2H6.Li.Pd/c1-29-21-14-18(15-22(30-2)24(21)31-3)26-17-11-8-16(9-12-17)10-13-23(28)27-20-7-5-4-6-19(20)25;1-22-16-11-15(12-17(23-2)19(16)25-4)20-14-8-5-13(6-9-14)7-10-18(21)24-3;1-13-10(12)7-4-8-2-5-9(11)6-3-8;1-11-7-4-6(10)5-8(12-2)9(7)13-3;8-7-3-1-6(5-9)2-4-7;1-10-4-7-3(6)8-5(9-4)11-2;1-3(4)5-2;2*1-2(3)4;1-2;;/h4-15,26H,25H2,1-3H3,(H,27,28);5-12,20H,1-4H3;2-7H,1H3;4-5H,10H2,1-3H3;1-5H;1-2H3;4H,1H2,2H3;2*1H3,(H,3,4);1-2H3;;/q;;;;;;;;;;+1;/p-1/b13-10+;10-7+;7-4+;;;;;;;;;. The van der Waals surface area contributed by atoms with Gasteiger partial charge in [0.2, 0.25) is 28.4 Å². The van der Waals surface area contributed by atoms with E-state index in [2.05, 4.69) is 83.6 Å². The molecule has 119 heavy (non-hydrogen) atoms. The molecule has 0 atom stereocenters. The molecule has 9 aromatic rings. The molecule has 0 radical (unpaired) electrons. The van der Waals surface area contributed by atoms with Crippen molar-refractivity contribution in [2.45, 2.75) is 27.7 Å². The Hall–Kier alpha value is -12.1. The topological polar surface area (TPSA) is 422 Å². The van der Waals surface area contributed by atoms with E-state index in [9.17, 15) is 24.3 Å². The Kier molecular flexibility index (Phi) is 60.6. The summed E-state index contributed by atoms with van der Waals surface area (Å²) in [5.41, 5.74) is 19.9. The molecule has 9 N–H and O–H groups in total. The summed E-state index contributed by atoms with van der Waals surface area (Å²) in [6.07, 6.45) is 10.2. The summed E-state index contributed by atoms with van der Waals surface area (Å²) in [4.78, 5) is 73.1. The van der Waals surface area contributed by atoms with Crippen molar-refractivity contribution in [3.8, 4) is 63.8 Å². The average molecular weight is 1880 g/mol. The van der Waals surface area contributed by atoms with Gasteiger partial charge in [0.1, 0.15) is 6.29 Å². The molecule has 0 aliphatic rings. The van der Waals surface area contributed by atoms with Crippen molar-refractivity contribution in [1.82, 2.24) is 15.0 Å². The first kappa shape index (κ1) is 111. The molecule has 0 spiro atoms. The summed E-state index contributed by atoms with van der Waals surface area (Å²) < 4.78 is 71.8. The van der Waals surface area contributed by atoms with Crippen molar-refractivity contribution < 1.29 is 150 Å². The van der Waals surface area contributed by atoms with E-state index in [1.165, 1.54) is 53.8 Å². The van der Waals surface area contributed by atoms with Gasteiger partial charge in [-0.3, -0.25) is 19.2 Å². The van der Waals surface area contributed by atoms with Gasteiger partial charge in [-0.2, -0.15) is 9.97 Å². The number of aldehydes is 1. The van der Waals surface area contributed by atoms with Crippen LogP contribution >= 0.6 is 43.5 Å². The van der Waals surface area contributed by atoms with Gasteiger partial charge in [0, 0.05) is 138 Å². The Morgan fingerprint density at radius 2 is 0.739 bits per heavy atom. The van der Waals surface area contributed by atoms with Crippen molar-refractivity contribution in [1.29, 1.82) is 0 Å². The number of nitrogen functional groups attached to an aromatic ring is 2. The molecule has 31 nitrogen and oxygen atoms in total. The Morgan fingerprint density at radius 1 is 0.445 bits per heavy atom. The van der Waals surface area contributed by atoms with Crippen LogP contribution in [0.4, 0.5) is 39.8 Å². The zero-order valence-corrected chi connectivity index (χ0v) is 74.7.